The summed E-state index contributed by atoms with van der Waals surface area (Å²) in [5.74, 6) is 0.0314. The van der Waals surface area contributed by atoms with Gasteiger partial charge in [0.15, 0.2) is 0 Å². The Balaban J connectivity index is 1.20. The third kappa shape index (κ3) is 4.63. The van der Waals surface area contributed by atoms with Crippen LogP contribution in [0.1, 0.15) is 39.9 Å². The Labute approximate surface area is 195 Å². The lowest BCUT2D eigenvalue weighted by atomic mass is 10.1. The molecule has 168 valence electrons. The van der Waals surface area contributed by atoms with Crippen LogP contribution in [0.2, 0.25) is 0 Å². The minimum Gasteiger partial charge on any atom is -0.367 e. The number of hydrogen-bond donors (Lipinski definition) is 1. The number of anilines is 2. The standard InChI is InChI=1S/C28H29N3O2/c1-30(28(33)23-14-15-23)26-9-5-3-7-24(26)27(32)29-18-20-10-12-21(13-11-20)19-31-17-16-22-6-2-4-8-25(22)31/h2-13,23H,14-19H2,1H3,(H,29,32). The van der Waals surface area contributed by atoms with Crippen molar-refractivity contribution in [3.05, 3.63) is 95.1 Å². The molecule has 0 radical (unpaired) electrons. The van der Waals surface area contributed by atoms with E-state index >= 15 is 0 Å². The number of hydrogen-bond acceptors (Lipinski definition) is 3. The maximum Gasteiger partial charge on any atom is 0.253 e. The maximum absolute atomic E-state index is 12.9. The van der Waals surface area contributed by atoms with Crippen molar-refractivity contribution in [2.45, 2.75) is 32.4 Å². The molecular formula is C28H29N3O2. The van der Waals surface area contributed by atoms with Gasteiger partial charge >= 0.3 is 0 Å². The highest BCUT2D eigenvalue weighted by atomic mass is 16.2. The number of nitrogens with zero attached hydrogens (tertiary/aromatic N) is 2. The number of carbonyl (C=O) groups excluding carboxylic acids is 2. The maximum atomic E-state index is 12.9. The lowest BCUT2D eigenvalue weighted by Gasteiger charge is -2.20. The molecule has 0 bridgehead atoms. The van der Waals surface area contributed by atoms with Crippen LogP contribution in [0.15, 0.2) is 72.8 Å². The normalized spacial score (nSPS) is 14.6. The fourth-order valence-electron chi connectivity index (χ4n) is 4.51. The summed E-state index contributed by atoms with van der Waals surface area (Å²) in [7, 11) is 1.75. The molecule has 2 amide bonds. The van der Waals surface area contributed by atoms with Crippen LogP contribution in [0.25, 0.3) is 0 Å². The summed E-state index contributed by atoms with van der Waals surface area (Å²) < 4.78 is 0. The largest absolute Gasteiger partial charge is 0.367 e. The first-order valence-electron chi connectivity index (χ1n) is 11.7. The summed E-state index contributed by atoms with van der Waals surface area (Å²) in [6.07, 6.45) is 2.98. The summed E-state index contributed by atoms with van der Waals surface area (Å²) >= 11 is 0. The molecule has 1 heterocycles. The molecule has 0 saturated heterocycles. The van der Waals surface area contributed by atoms with Crippen LogP contribution >= 0.6 is 0 Å². The second-order valence-electron chi connectivity index (χ2n) is 8.99. The average molecular weight is 440 g/mol. The molecule has 1 N–H and O–H groups in total. The van der Waals surface area contributed by atoms with E-state index in [2.05, 4.69) is 58.7 Å². The van der Waals surface area contributed by atoms with Crippen LogP contribution in [-0.4, -0.2) is 25.4 Å². The molecule has 0 unspecified atom stereocenters. The van der Waals surface area contributed by atoms with E-state index in [1.807, 2.05) is 18.2 Å². The van der Waals surface area contributed by atoms with Gasteiger partial charge in [-0.3, -0.25) is 9.59 Å². The number of nitrogens with one attached hydrogen (secondary N) is 1. The highest BCUT2D eigenvalue weighted by Crippen LogP contribution is 2.33. The van der Waals surface area contributed by atoms with Crippen molar-refractivity contribution < 1.29 is 9.59 Å². The first kappa shape index (κ1) is 21.3. The van der Waals surface area contributed by atoms with Crippen molar-refractivity contribution in [2.75, 3.05) is 23.4 Å². The molecule has 0 spiro atoms. The molecule has 0 atom stereocenters. The van der Waals surface area contributed by atoms with Crippen LogP contribution < -0.4 is 15.1 Å². The van der Waals surface area contributed by atoms with Gasteiger partial charge in [0.25, 0.3) is 5.91 Å². The molecule has 5 nitrogen and oxygen atoms in total. The molecule has 5 rings (SSSR count). The fraction of sp³-hybridized carbons (Fsp3) is 0.286. The molecule has 1 saturated carbocycles. The molecule has 3 aromatic carbocycles. The van der Waals surface area contributed by atoms with Crippen molar-refractivity contribution in [1.82, 2.24) is 5.32 Å². The molecule has 33 heavy (non-hydrogen) atoms. The van der Waals surface area contributed by atoms with E-state index in [1.165, 1.54) is 16.8 Å². The SMILES string of the molecule is CN(C(=O)C1CC1)c1ccccc1C(=O)NCc1ccc(CN2CCc3ccccc32)cc1. The van der Waals surface area contributed by atoms with E-state index in [4.69, 9.17) is 0 Å². The van der Waals surface area contributed by atoms with Gasteiger partial charge in [-0.1, -0.05) is 54.6 Å². The number of amides is 2. The summed E-state index contributed by atoms with van der Waals surface area (Å²) in [4.78, 5) is 29.4. The molecule has 1 fully saturated rings. The van der Waals surface area contributed by atoms with Crippen molar-refractivity contribution in [3.8, 4) is 0 Å². The average Bonchev–Trinajstić information content (AvgIpc) is 3.64. The Morgan fingerprint density at radius 3 is 2.42 bits per heavy atom. The van der Waals surface area contributed by atoms with E-state index in [0.717, 1.165) is 37.9 Å². The number of carbonyl (C=O) groups is 2. The van der Waals surface area contributed by atoms with Gasteiger partial charge in [-0.25, -0.2) is 0 Å². The number of rotatable bonds is 7. The van der Waals surface area contributed by atoms with E-state index < -0.39 is 0 Å². The van der Waals surface area contributed by atoms with Gasteiger partial charge < -0.3 is 15.1 Å². The van der Waals surface area contributed by atoms with E-state index in [1.54, 1.807) is 18.0 Å². The van der Waals surface area contributed by atoms with Gasteiger partial charge in [-0.05, 0) is 54.2 Å². The van der Waals surface area contributed by atoms with Crippen molar-refractivity contribution in [1.29, 1.82) is 0 Å². The van der Waals surface area contributed by atoms with Gasteiger partial charge in [-0.15, -0.1) is 0 Å². The van der Waals surface area contributed by atoms with E-state index in [0.29, 0.717) is 17.8 Å². The Morgan fingerprint density at radius 2 is 1.64 bits per heavy atom. The summed E-state index contributed by atoms with van der Waals surface area (Å²) in [5.41, 5.74) is 6.24. The molecular weight excluding hydrogens is 410 g/mol. The van der Waals surface area contributed by atoms with Gasteiger partial charge in [0.1, 0.15) is 0 Å². The number of fused-ring (bicyclic) bond motifs is 1. The Morgan fingerprint density at radius 1 is 0.939 bits per heavy atom. The highest BCUT2D eigenvalue weighted by Gasteiger charge is 2.33. The van der Waals surface area contributed by atoms with Crippen LogP contribution in [0.4, 0.5) is 11.4 Å². The van der Waals surface area contributed by atoms with Crippen LogP contribution in [0, 0.1) is 5.92 Å². The van der Waals surface area contributed by atoms with Crippen LogP contribution in [-0.2, 0) is 24.3 Å². The lowest BCUT2D eigenvalue weighted by molar-refractivity contribution is -0.119. The highest BCUT2D eigenvalue weighted by molar-refractivity contribution is 6.05. The number of benzene rings is 3. The van der Waals surface area contributed by atoms with Gasteiger partial charge in [0, 0.05) is 38.3 Å². The summed E-state index contributed by atoms with van der Waals surface area (Å²) in [6.45, 7) is 2.38. The predicted molar refractivity (Wildman–Crippen MR) is 131 cm³/mol. The van der Waals surface area contributed by atoms with Crippen molar-refractivity contribution in [2.24, 2.45) is 5.92 Å². The minimum atomic E-state index is -0.168. The smallest absolute Gasteiger partial charge is 0.253 e. The minimum absolute atomic E-state index is 0.0893. The van der Waals surface area contributed by atoms with Crippen molar-refractivity contribution in [3.63, 3.8) is 0 Å². The second-order valence-corrected chi connectivity index (χ2v) is 8.99. The molecule has 1 aliphatic carbocycles. The molecule has 2 aliphatic rings. The molecule has 3 aromatic rings. The Bertz CT molecular complexity index is 1170. The fourth-order valence-corrected chi connectivity index (χ4v) is 4.51. The predicted octanol–water partition coefficient (Wildman–Crippen LogP) is 4.55. The third-order valence-electron chi connectivity index (χ3n) is 6.60. The van der Waals surface area contributed by atoms with Crippen LogP contribution in [0.5, 0.6) is 0 Å². The van der Waals surface area contributed by atoms with Crippen molar-refractivity contribution >= 4 is 23.2 Å². The zero-order chi connectivity index (χ0) is 22.8. The zero-order valence-corrected chi connectivity index (χ0v) is 19.0. The monoisotopic (exact) mass is 439 g/mol. The van der Waals surface area contributed by atoms with Crippen LogP contribution in [0.3, 0.4) is 0 Å². The van der Waals surface area contributed by atoms with E-state index in [9.17, 15) is 9.59 Å². The lowest BCUT2D eigenvalue weighted by Crippen LogP contribution is -2.31. The first-order valence-corrected chi connectivity index (χ1v) is 11.7. The molecule has 0 aromatic heterocycles. The Hall–Kier alpha value is -3.60. The first-order chi connectivity index (χ1) is 16.1. The second kappa shape index (κ2) is 9.10. The number of para-hydroxylation sites is 2. The van der Waals surface area contributed by atoms with Gasteiger partial charge in [0.2, 0.25) is 5.91 Å². The topological polar surface area (TPSA) is 52.7 Å². The third-order valence-corrected chi connectivity index (χ3v) is 6.60. The summed E-state index contributed by atoms with van der Waals surface area (Å²) in [5, 5.41) is 3.01. The molecule has 1 aliphatic heterocycles. The zero-order valence-electron chi connectivity index (χ0n) is 19.0. The van der Waals surface area contributed by atoms with Gasteiger partial charge in [-0.2, -0.15) is 0 Å². The van der Waals surface area contributed by atoms with E-state index in [-0.39, 0.29) is 17.7 Å². The summed E-state index contributed by atoms with van der Waals surface area (Å²) in [6, 6.07) is 24.3. The molecule has 5 heteroatoms. The quantitative estimate of drug-likeness (QED) is 0.588. The van der Waals surface area contributed by atoms with Gasteiger partial charge in [0.05, 0.1) is 11.3 Å². The Kier molecular flexibility index (Phi) is 5.86.